The zero-order valence-corrected chi connectivity index (χ0v) is 16.3. The summed E-state index contributed by atoms with van der Waals surface area (Å²) in [7, 11) is 0. The topological polar surface area (TPSA) is 145 Å². The van der Waals surface area contributed by atoms with Gasteiger partial charge in [-0.1, -0.05) is 36.4 Å². The summed E-state index contributed by atoms with van der Waals surface area (Å²) in [6.07, 6.45) is 0. The quantitative estimate of drug-likeness (QED) is 0.217. The Bertz CT molecular complexity index is 1050. The fourth-order valence-electron chi connectivity index (χ4n) is 2.80. The first kappa shape index (κ1) is 20.4. The van der Waals surface area contributed by atoms with Crippen molar-refractivity contribution in [3.63, 3.8) is 0 Å². The molecule has 0 aliphatic carbocycles. The van der Waals surface area contributed by atoms with E-state index in [0.717, 1.165) is 33.6 Å². The monoisotopic (exact) mass is 400 g/mol. The third kappa shape index (κ3) is 4.94. The van der Waals surface area contributed by atoms with Gasteiger partial charge >= 0.3 is 0 Å². The van der Waals surface area contributed by atoms with Crippen molar-refractivity contribution in [2.45, 2.75) is 0 Å². The molecular formula is C24H24N4O2. The van der Waals surface area contributed by atoms with Gasteiger partial charge in [-0.2, -0.15) is 0 Å². The molecule has 0 aliphatic rings. The number of rotatable bonds is 2. The van der Waals surface area contributed by atoms with E-state index >= 15 is 0 Å². The van der Waals surface area contributed by atoms with Crippen molar-refractivity contribution in [2.24, 2.45) is 0 Å². The number of phenols is 2. The summed E-state index contributed by atoms with van der Waals surface area (Å²) in [5, 5.41) is 18.9. The lowest BCUT2D eigenvalue weighted by Crippen LogP contribution is -1.88. The van der Waals surface area contributed by atoms with Gasteiger partial charge in [0, 0.05) is 11.4 Å². The van der Waals surface area contributed by atoms with Crippen LogP contribution < -0.4 is 22.9 Å². The van der Waals surface area contributed by atoms with Gasteiger partial charge in [-0.25, -0.2) is 0 Å². The Morgan fingerprint density at radius 3 is 1.00 bits per heavy atom. The van der Waals surface area contributed by atoms with Gasteiger partial charge in [0.1, 0.15) is 11.5 Å². The second kappa shape index (κ2) is 8.79. The highest BCUT2D eigenvalue weighted by Gasteiger charge is 2.04. The summed E-state index contributed by atoms with van der Waals surface area (Å²) >= 11 is 0. The minimum atomic E-state index is 0.0221. The molecule has 0 unspecified atom stereocenters. The molecule has 0 heterocycles. The largest absolute Gasteiger partial charge is 0.506 e. The Morgan fingerprint density at radius 2 is 0.700 bits per heavy atom. The van der Waals surface area contributed by atoms with Crippen LogP contribution in [0.15, 0.2) is 84.9 Å². The Morgan fingerprint density at radius 1 is 0.400 bits per heavy atom. The van der Waals surface area contributed by atoms with Crippen molar-refractivity contribution < 1.29 is 10.2 Å². The molecule has 4 rings (SSSR count). The summed E-state index contributed by atoms with van der Waals surface area (Å²) in [4.78, 5) is 0. The maximum atomic E-state index is 9.47. The summed E-state index contributed by atoms with van der Waals surface area (Å²) in [6, 6.07) is 25.4. The number of hydrogen-bond acceptors (Lipinski definition) is 6. The molecule has 0 aromatic heterocycles. The molecule has 6 heteroatoms. The standard InChI is InChI=1S/C12H12N2O2.C12H12N2/c13-9-3-1-7(5-11(9)15)8-2-4-10(14)12(16)6-8;13-11-5-1-9(2-6-11)10-3-7-12(14)8-4-10/h1-6,15-16H,13-14H2;1-8H,13-14H2. The van der Waals surface area contributed by atoms with Crippen LogP contribution in [0.1, 0.15) is 0 Å². The average Bonchev–Trinajstić information content (AvgIpc) is 2.74. The van der Waals surface area contributed by atoms with Crippen LogP contribution in [-0.2, 0) is 0 Å². The molecule has 0 amide bonds. The van der Waals surface area contributed by atoms with Crippen LogP contribution in [0.5, 0.6) is 11.5 Å². The van der Waals surface area contributed by atoms with Crippen molar-refractivity contribution in [2.75, 3.05) is 22.9 Å². The number of nitrogens with two attached hydrogens (primary N) is 4. The van der Waals surface area contributed by atoms with E-state index in [1.165, 1.54) is 0 Å². The molecule has 0 bridgehead atoms. The van der Waals surface area contributed by atoms with Crippen molar-refractivity contribution >= 4 is 22.7 Å². The normalized spacial score (nSPS) is 10.1. The van der Waals surface area contributed by atoms with Gasteiger partial charge in [0.2, 0.25) is 0 Å². The Labute approximate surface area is 175 Å². The number of aromatic hydroxyl groups is 2. The van der Waals surface area contributed by atoms with E-state index in [-0.39, 0.29) is 11.5 Å². The van der Waals surface area contributed by atoms with Crippen LogP contribution >= 0.6 is 0 Å². The van der Waals surface area contributed by atoms with Crippen LogP contribution in [0.25, 0.3) is 22.3 Å². The number of anilines is 4. The van der Waals surface area contributed by atoms with Gasteiger partial charge in [0.25, 0.3) is 0 Å². The molecule has 30 heavy (non-hydrogen) atoms. The molecule has 6 nitrogen and oxygen atoms in total. The van der Waals surface area contributed by atoms with Crippen LogP contribution in [0.3, 0.4) is 0 Å². The van der Waals surface area contributed by atoms with Gasteiger partial charge < -0.3 is 33.1 Å². The van der Waals surface area contributed by atoms with Crippen LogP contribution in [0.2, 0.25) is 0 Å². The molecule has 0 aliphatic heterocycles. The fourth-order valence-corrected chi connectivity index (χ4v) is 2.80. The second-order valence-electron chi connectivity index (χ2n) is 6.79. The minimum absolute atomic E-state index is 0.0221. The van der Waals surface area contributed by atoms with E-state index in [1.54, 1.807) is 36.4 Å². The van der Waals surface area contributed by atoms with E-state index in [0.29, 0.717) is 11.4 Å². The molecule has 10 N–H and O–H groups in total. The Balaban J connectivity index is 0.000000172. The SMILES string of the molecule is Nc1ccc(-c2ccc(N)c(O)c2)cc1O.Nc1ccc(-c2ccc(N)cc2)cc1. The molecule has 0 saturated carbocycles. The highest BCUT2D eigenvalue weighted by Crippen LogP contribution is 2.31. The van der Waals surface area contributed by atoms with Gasteiger partial charge in [-0.3, -0.25) is 0 Å². The maximum absolute atomic E-state index is 9.47. The minimum Gasteiger partial charge on any atom is -0.506 e. The first-order valence-corrected chi connectivity index (χ1v) is 9.22. The molecule has 0 atom stereocenters. The third-order valence-corrected chi connectivity index (χ3v) is 4.55. The first-order chi connectivity index (χ1) is 14.3. The van der Waals surface area contributed by atoms with Crippen molar-refractivity contribution in [1.82, 2.24) is 0 Å². The van der Waals surface area contributed by atoms with E-state index in [4.69, 9.17) is 22.9 Å². The van der Waals surface area contributed by atoms with Gasteiger partial charge in [0.05, 0.1) is 11.4 Å². The maximum Gasteiger partial charge on any atom is 0.139 e. The van der Waals surface area contributed by atoms with Gasteiger partial charge in [-0.15, -0.1) is 0 Å². The average molecular weight is 400 g/mol. The van der Waals surface area contributed by atoms with E-state index in [2.05, 4.69) is 0 Å². The Hall–Kier alpha value is -4.32. The summed E-state index contributed by atoms with van der Waals surface area (Å²) < 4.78 is 0. The summed E-state index contributed by atoms with van der Waals surface area (Å²) in [5.74, 6) is 0.0441. The smallest absolute Gasteiger partial charge is 0.139 e. The predicted molar refractivity (Wildman–Crippen MR) is 125 cm³/mol. The van der Waals surface area contributed by atoms with Crippen LogP contribution in [-0.4, -0.2) is 10.2 Å². The number of benzene rings is 4. The molecule has 0 fully saturated rings. The van der Waals surface area contributed by atoms with Crippen molar-refractivity contribution in [3.05, 3.63) is 84.9 Å². The van der Waals surface area contributed by atoms with Crippen molar-refractivity contribution in [3.8, 4) is 33.8 Å². The lowest BCUT2D eigenvalue weighted by molar-refractivity contribution is 0.477. The molecule has 0 radical (unpaired) electrons. The lowest BCUT2D eigenvalue weighted by Gasteiger charge is -2.06. The molecule has 0 saturated heterocycles. The molecule has 152 valence electrons. The molecule has 0 spiro atoms. The number of nitrogen functional groups attached to an aromatic ring is 4. The number of phenolic OH excluding ortho intramolecular Hbond substituents is 2. The van der Waals surface area contributed by atoms with Gasteiger partial charge in [0.15, 0.2) is 0 Å². The summed E-state index contributed by atoms with van der Waals surface area (Å²) in [5.41, 5.74) is 28.3. The zero-order valence-electron chi connectivity index (χ0n) is 16.3. The van der Waals surface area contributed by atoms with E-state index in [9.17, 15) is 10.2 Å². The van der Waals surface area contributed by atoms with E-state index < -0.39 is 0 Å². The van der Waals surface area contributed by atoms with Crippen molar-refractivity contribution in [1.29, 1.82) is 0 Å². The Kier molecular flexibility index (Phi) is 5.98. The predicted octanol–water partition coefficient (Wildman–Crippen LogP) is 4.45. The molecule has 4 aromatic rings. The fraction of sp³-hybridized carbons (Fsp3) is 0. The highest BCUT2D eigenvalue weighted by atomic mass is 16.3. The summed E-state index contributed by atoms with van der Waals surface area (Å²) in [6.45, 7) is 0. The highest BCUT2D eigenvalue weighted by molar-refractivity contribution is 5.73. The molecule has 4 aromatic carbocycles. The number of hydrogen-bond donors (Lipinski definition) is 6. The van der Waals surface area contributed by atoms with Crippen LogP contribution in [0, 0.1) is 0 Å². The molecular weight excluding hydrogens is 376 g/mol. The van der Waals surface area contributed by atoms with Gasteiger partial charge in [-0.05, 0) is 70.8 Å². The second-order valence-corrected chi connectivity index (χ2v) is 6.79. The zero-order chi connectivity index (χ0) is 21.7. The third-order valence-electron chi connectivity index (χ3n) is 4.55. The lowest BCUT2D eigenvalue weighted by atomic mass is 10.0. The van der Waals surface area contributed by atoms with E-state index in [1.807, 2.05) is 48.5 Å². The first-order valence-electron chi connectivity index (χ1n) is 9.22. The van der Waals surface area contributed by atoms with Crippen LogP contribution in [0.4, 0.5) is 22.7 Å².